The highest BCUT2D eigenvalue weighted by atomic mass is 32.1. The number of amides is 2. The van der Waals surface area contributed by atoms with Crippen molar-refractivity contribution in [2.24, 2.45) is 0 Å². The van der Waals surface area contributed by atoms with Crippen LogP contribution < -0.4 is 27.2 Å². The third-order valence-electron chi connectivity index (χ3n) is 4.07. The summed E-state index contributed by atoms with van der Waals surface area (Å²) in [6, 6.07) is 1.69. The quantitative estimate of drug-likeness (QED) is 0.610. The molecule has 0 fully saturated rings. The van der Waals surface area contributed by atoms with Gasteiger partial charge < -0.3 is 16.0 Å². The second-order valence-electron chi connectivity index (χ2n) is 5.97. The standard InChI is InChI=1S/C17H23N5O4S/c1-3-4-8-22-14(18)13(16(25)20-17(22)26)21(2)12(23)5-7-19-15(24)11-6-9-27-10-11/h6,9-10H,3-5,7-8,18H2,1-2H3,(H,19,24)(H,20,25,26). The molecule has 2 aromatic rings. The summed E-state index contributed by atoms with van der Waals surface area (Å²) >= 11 is 1.41. The zero-order chi connectivity index (χ0) is 20.0. The average molecular weight is 393 g/mol. The van der Waals surface area contributed by atoms with Crippen LogP contribution in [0.15, 0.2) is 26.4 Å². The van der Waals surface area contributed by atoms with Gasteiger partial charge in [0.15, 0.2) is 5.69 Å². The smallest absolute Gasteiger partial charge is 0.330 e. The van der Waals surface area contributed by atoms with Gasteiger partial charge in [0, 0.05) is 37.5 Å². The summed E-state index contributed by atoms with van der Waals surface area (Å²) in [7, 11) is 1.42. The number of hydrogen-bond acceptors (Lipinski definition) is 6. The second-order valence-corrected chi connectivity index (χ2v) is 6.75. The number of nitrogen functional groups attached to an aromatic ring is 1. The van der Waals surface area contributed by atoms with E-state index >= 15 is 0 Å². The molecule has 9 nitrogen and oxygen atoms in total. The van der Waals surface area contributed by atoms with E-state index in [0.717, 1.165) is 11.3 Å². The highest BCUT2D eigenvalue weighted by Crippen LogP contribution is 2.16. The van der Waals surface area contributed by atoms with Crippen LogP contribution in [0.2, 0.25) is 0 Å². The number of carbonyl (C=O) groups excluding carboxylic acids is 2. The number of nitrogens with one attached hydrogen (secondary N) is 2. The largest absolute Gasteiger partial charge is 0.383 e. The minimum absolute atomic E-state index is 0.0145. The minimum atomic E-state index is -0.719. The lowest BCUT2D eigenvalue weighted by atomic mass is 10.3. The second kappa shape index (κ2) is 9.17. The number of rotatable bonds is 8. The van der Waals surface area contributed by atoms with Gasteiger partial charge in [0.05, 0.1) is 0 Å². The summed E-state index contributed by atoms with van der Waals surface area (Å²) in [6.45, 7) is 2.43. The fourth-order valence-electron chi connectivity index (χ4n) is 2.51. The predicted octanol–water partition coefficient (Wildman–Crippen LogP) is 0.763. The molecule has 0 aliphatic heterocycles. The first-order valence-electron chi connectivity index (χ1n) is 8.56. The van der Waals surface area contributed by atoms with Crippen molar-refractivity contribution in [2.75, 3.05) is 24.2 Å². The molecular weight excluding hydrogens is 370 g/mol. The Balaban J connectivity index is 2.08. The van der Waals surface area contributed by atoms with E-state index in [2.05, 4.69) is 10.3 Å². The normalized spacial score (nSPS) is 10.6. The number of H-pyrrole nitrogens is 1. The molecule has 2 rings (SSSR count). The van der Waals surface area contributed by atoms with Crippen molar-refractivity contribution in [1.82, 2.24) is 14.9 Å². The van der Waals surface area contributed by atoms with Crippen LogP contribution >= 0.6 is 11.3 Å². The molecule has 10 heteroatoms. The van der Waals surface area contributed by atoms with E-state index in [1.54, 1.807) is 16.8 Å². The van der Waals surface area contributed by atoms with Crippen molar-refractivity contribution in [3.05, 3.63) is 43.2 Å². The molecule has 2 aromatic heterocycles. The summed E-state index contributed by atoms with van der Waals surface area (Å²) in [5, 5.41) is 6.15. The summed E-state index contributed by atoms with van der Waals surface area (Å²) in [5.41, 5.74) is 5.13. The maximum absolute atomic E-state index is 12.4. The molecule has 146 valence electrons. The Bertz CT molecular complexity index is 916. The Morgan fingerprint density at radius 1 is 1.37 bits per heavy atom. The Morgan fingerprint density at radius 3 is 2.74 bits per heavy atom. The van der Waals surface area contributed by atoms with Crippen molar-refractivity contribution >= 4 is 34.7 Å². The Labute approximate surface area is 159 Å². The first-order chi connectivity index (χ1) is 12.9. The molecule has 0 atom stereocenters. The lowest BCUT2D eigenvalue weighted by Gasteiger charge is -2.20. The van der Waals surface area contributed by atoms with E-state index in [9.17, 15) is 19.2 Å². The summed E-state index contributed by atoms with van der Waals surface area (Å²) in [4.78, 5) is 51.7. The van der Waals surface area contributed by atoms with Crippen molar-refractivity contribution < 1.29 is 9.59 Å². The van der Waals surface area contributed by atoms with Crippen LogP contribution in [0.1, 0.15) is 36.5 Å². The lowest BCUT2D eigenvalue weighted by Crippen LogP contribution is -2.40. The third-order valence-corrected chi connectivity index (χ3v) is 4.75. The first kappa shape index (κ1) is 20.4. The van der Waals surface area contributed by atoms with Crippen molar-refractivity contribution in [3.63, 3.8) is 0 Å². The zero-order valence-corrected chi connectivity index (χ0v) is 16.1. The molecule has 2 heterocycles. The van der Waals surface area contributed by atoms with Crippen LogP contribution in [0.25, 0.3) is 0 Å². The topological polar surface area (TPSA) is 130 Å². The highest BCUT2D eigenvalue weighted by molar-refractivity contribution is 7.08. The monoisotopic (exact) mass is 393 g/mol. The molecule has 0 aliphatic carbocycles. The predicted molar refractivity (Wildman–Crippen MR) is 105 cm³/mol. The average Bonchev–Trinajstić information content (AvgIpc) is 3.15. The molecule has 27 heavy (non-hydrogen) atoms. The van der Waals surface area contributed by atoms with E-state index in [-0.39, 0.29) is 30.4 Å². The molecular formula is C17H23N5O4S. The van der Waals surface area contributed by atoms with Gasteiger partial charge in [0.2, 0.25) is 5.91 Å². The third kappa shape index (κ3) is 4.85. The van der Waals surface area contributed by atoms with Gasteiger partial charge >= 0.3 is 5.69 Å². The van der Waals surface area contributed by atoms with Crippen molar-refractivity contribution in [1.29, 1.82) is 0 Å². The molecule has 0 spiro atoms. The van der Waals surface area contributed by atoms with Gasteiger partial charge in [-0.25, -0.2) is 4.79 Å². The van der Waals surface area contributed by atoms with Crippen LogP contribution in [0, 0.1) is 0 Å². The SMILES string of the molecule is CCCCn1c(N)c(N(C)C(=O)CCNC(=O)c2ccsc2)c(=O)[nH]c1=O. The minimum Gasteiger partial charge on any atom is -0.383 e. The van der Waals surface area contributed by atoms with Gasteiger partial charge in [-0.3, -0.25) is 23.9 Å². The van der Waals surface area contributed by atoms with Crippen molar-refractivity contribution in [3.8, 4) is 0 Å². The van der Waals surface area contributed by atoms with Crippen LogP contribution in [0.3, 0.4) is 0 Å². The first-order valence-corrected chi connectivity index (χ1v) is 9.50. The Kier molecular flexibility index (Phi) is 6.94. The van der Waals surface area contributed by atoms with E-state index in [1.807, 2.05) is 6.92 Å². The molecule has 0 bridgehead atoms. The fourth-order valence-corrected chi connectivity index (χ4v) is 3.15. The number of unbranched alkanes of at least 4 members (excludes halogenated alkanes) is 1. The summed E-state index contributed by atoms with van der Waals surface area (Å²) < 4.78 is 1.25. The Hall–Kier alpha value is -2.88. The number of aromatic amines is 1. The summed E-state index contributed by atoms with van der Waals surface area (Å²) in [5.74, 6) is -0.717. The maximum Gasteiger partial charge on any atom is 0.330 e. The molecule has 0 saturated carbocycles. The fraction of sp³-hybridized carbons (Fsp3) is 0.412. The van der Waals surface area contributed by atoms with Gasteiger partial charge in [-0.15, -0.1) is 0 Å². The molecule has 0 aromatic carbocycles. The number of nitrogens with two attached hydrogens (primary N) is 1. The number of carbonyl (C=O) groups is 2. The molecule has 0 radical (unpaired) electrons. The lowest BCUT2D eigenvalue weighted by molar-refractivity contribution is -0.118. The highest BCUT2D eigenvalue weighted by Gasteiger charge is 2.20. The van der Waals surface area contributed by atoms with Gasteiger partial charge in [0.25, 0.3) is 11.5 Å². The molecule has 4 N–H and O–H groups in total. The van der Waals surface area contributed by atoms with Crippen LogP contribution in [-0.4, -0.2) is 35.0 Å². The van der Waals surface area contributed by atoms with E-state index < -0.39 is 17.2 Å². The van der Waals surface area contributed by atoms with Crippen LogP contribution in [-0.2, 0) is 11.3 Å². The number of nitrogens with zero attached hydrogens (tertiary/aromatic N) is 2. The van der Waals surface area contributed by atoms with Crippen LogP contribution in [0.5, 0.6) is 0 Å². The number of aromatic nitrogens is 2. The van der Waals surface area contributed by atoms with Gasteiger partial charge in [-0.2, -0.15) is 11.3 Å². The van der Waals surface area contributed by atoms with E-state index in [1.165, 1.54) is 23.0 Å². The number of hydrogen-bond donors (Lipinski definition) is 3. The molecule has 0 saturated heterocycles. The van der Waals surface area contributed by atoms with Crippen LogP contribution in [0.4, 0.5) is 11.5 Å². The van der Waals surface area contributed by atoms with E-state index in [0.29, 0.717) is 18.5 Å². The molecule has 0 aliphatic rings. The van der Waals surface area contributed by atoms with Gasteiger partial charge in [0.1, 0.15) is 5.82 Å². The van der Waals surface area contributed by atoms with Crippen molar-refractivity contribution in [2.45, 2.75) is 32.7 Å². The molecule has 2 amide bonds. The Morgan fingerprint density at radius 2 is 2.11 bits per heavy atom. The zero-order valence-electron chi connectivity index (χ0n) is 15.3. The summed E-state index contributed by atoms with van der Waals surface area (Å²) in [6.07, 6.45) is 1.54. The molecule has 0 unspecified atom stereocenters. The maximum atomic E-state index is 12.4. The van der Waals surface area contributed by atoms with Gasteiger partial charge in [-0.05, 0) is 17.9 Å². The van der Waals surface area contributed by atoms with E-state index in [4.69, 9.17) is 5.73 Å². The number of anilines is 2. The van der Waals surface area contributed by atoms with Gasteiger partial charge in [-0.1, -0.05) is 13.3 Å². The number of thiophene rings is 1.